The summed E-state index contributed by atoms with van der Waals surface area (Å²) >= 11 is 0. The number of hydrogen-bond donors (Lipinski definition) is 0. The number of Topliss-reactive ketones (excluding diaryl/α,β-unsaturated/α-hetero) is 1. The number of rotatable bonds is 13. The van der Waals surface area contributed by atoms with Gasteiger partial charge in [-0.05, 0) is 31.6 Å². The molecule has 0 spiro atoms. The highest BCUT2D eigenvalue weighted by molar-refractivity contribution is 5.83. The van der Waals surface area contributed by atoms with Crippen LogP contribution in [0, 0.1) is 11.8 Å². The van der Waals surface area contributed by atoms with E-state index in [0.29, 0.717) is 24.0 Å². The zero-order chi connectivity index (χ0) is 16.9. The maximum Gasteiger partial charge on any atom is 0.305 e. The Hall–Kier alpha value is -0.860. The third-order valence-electron chi connectivity index (χ3n) is 5.30. The first-order valence-electron chi connectivity index (χ1n) is 9.78. The Bertz CT molecular complexity index is 338. The molecule has 0 aromatic rings. The lowest BCUT2D eigenvalue weighted by molar-refractivity contribution is -0.140. The summed E-state index contributed by atoms with van der Waals surface area (Å²) in [7, 11) is 1.44. The standard InChI is InChI=1S/C20H36O3/c1-3-4-5-6-9-12-17-15-16-19(21)18(17)13-10-7-8-11-14-20(22)23-2/h17-18H,3-16H2,1-2H3. The quantitative estimate of drug-likeness (QED) is 0.334. The molecule has 134 valence electrons. The van der Waals surface area contributed by atoms with Gasteiger partial charge in [-0.3, -0.25) is 9.59 Å². The van der Waals surface area contributed by atoms with E-state index in [0.717, 1.165) is 44.9 Å². The summed E-state index contributed by atoms with van der Waals surface area (Å²) in [6.07, 6.45) is 15.6. The van der Waals surface area contributed by atoms with Crippen LogP contribution < -0.4 is 0 Å². The number of hydrogen-bond acceptors (Lipinski definition) is 3. The van der Waals surface area contributed by atoms with Gasteiger partial charge in [-0.25, -0.2) is 0 Å². The van der Waals surface area contributed by atoms with Crippen LogP contribution in [0.2, 0.25) is 0 Å². The van der Waals surface area contributed by atoms with Crippen molar-refractivity contribution >= 4 is 11.8 Å². The Morgan fingerprint density at radius 3 is 2.35 bits per heavy atom. The third kappa shape index (κ3) is 8.53. The van der Waals surface area contributed by atoms with Gasteiger partial charge >= 0.3 is 5.97 Å². The maximum absolute atomic E-state index is 12.1. The van der Waals surface area contributed by atoms with E-state index in [1.54, 1.807) is 0 Å². The van der Waals surface area contributed by atoms with E-state index in [2.05, 4.69) is 11.7 Å². The summed E-state index contributed by atoms with van der Waals surface area (Å²) in [5, 5.41) is 0. The Morgan fingerprint density at radius 1 is 1.00 bits per heavy atom. The first-order chi connectivity index (χ1) is 11.2. The zero-order valence-corrected chi connectivity index (χ0v) is 15.3. The largest absolute Gasteiger partial charge is 0.469 e. The van der Waals surface area contributed by atoms with Gasteiger partial charge in [-0.1, -0.05) is 58.3 Å². The van der Waals surface area contributed by atoms with E-state index >= 15 is 0 Å². The fourth-order valence-corrected chi connectivity index (χ4v) is 3.82. The average Bonchev–Trinajstić information content (AvgIpc) is 2.90. The second kappa shape index (κ2) is 12.5. The van der Waals surface area contributed by atoms with Crippen molar-refractivity contribution in [3.8, 4) is 0 Å². The predicted molar refractivity (Wildman–Crippen MR) is 94.3 cm³/mol. The van der Waals surface area contributed by atoms with Crippen LogP contribution in [0.1, 0.15) is 96.8 Å². The van der Waals surface area contributed by atoms with Crippen LogP contribution in [-0.2, 0) is 14.3 Å². The van der Waals surface area contributed by atoms with Gasteiger partial charge in [-0.2, -0.15) is 0 Å². The van der Waals surface area contributed by atoms with Crippen LogP contribution in [-0.4, -0.2) is 18.9 Å². The summed E-state index contributed by atoms with van der Waals surface area (Å²) in [5.74, 6) is 1.39. The molecule has 1 aliphatic rings. The van der Waals surface area contributed by atoms with E-state index in [4.69, 9.17) is 0 Å². The lowest BCUT2D eigenvalue weighted by atomic mass is 9.86. The molecule has 3 nitrogen and oxygen atoms in total. The van der Waals surface area contributed by atoms with E-state index in [1.165, 1.54) is 45.6 Å². The molecule has 0 N–H and O–H groups in total. The molecule has 0 radical (unpaired) electrons. The molecule has 0 saturated heterocycles. The molecule has 2 atom stereocenters. The molecule has 1 saturated carbocycles. The van der Waals surface area contributed by atoms with Crippen molar-refractivity contribution in [3.05, 3.63) is 0 Å². The molecule has 1 rings (SSSR count). The fourth-order valence-electron chi connectivity index (χ4n) is 3.82. The molecule has 1 aliphatic carbocycles. The SMILES string of the molecule is CCCCCCCC1CCC(=O)C1CCCCCCC(=O)OC. The Balaban J connectivity index is 2.12. The first kappa shape index (κ1) is 20.2. The van der Waals surface area contributed by atoms with Gasteiger partial charge in [-0.15, -0.1) is 0 Å². The maximum atomic E-state index is 12.1. The molecule has 2 unspecified atom stereocenters. The average molecular weight is 325 g/mol. The third-order valence-corrected chi connectivity index (χ3v) is 5.30. The predicted octanol–water partition coefficient (Wildman–Crippen LogP) is 5.46. The molecule has 3 heteroatoms. The number of ether oxygens (including phenoxy) is 1. The number of ketones is 1. The van der Waals surface area contributed by atoms with Gasteiger partial charge in [0.15, 0.2) is 0 Å². The number of esters is 1. The summed E-state index contributed by atoms with van der Waals surface area (Å²) in [6, 6.07) is 0. The monoisotopic (exact) mass is 324 g/mol. The van der Waals surface area contributed by atoms with Crippen LogP contribution in [0.25, 0.3) is 0 Å². The minimum atomic E-state index is -0.112. The van der Waals surface area contributed by atoms with Crippen molar-refractivity contribution in [2.75, 3.05) is 7.11 Å². The number of carbonyl (C=O) groups is 2. The summed E-state index contributed by atoms with van der Waals surface area (Å²) in [6.45, 7) is 2.25. The Labute approximate surface area is 142 Å². The van der Waals surface area contributed by atoms with E-state index in [9.17, 15) is 9.59 Å². The van der Waals surface area contributed by atoms with Gasteiger partial charge in [0.25, 0.3) is 0 Å². The lowest BCUT2D eigenvalue weighted by Crippen LogP contribution is -2.15. The van der Waals surface area contributed by atoms with Crippen LogP contribution in [0.4, 0.5) is 0 Å². The molecule has 1 fully saturated rings. The molecule has 0 aliphatic heterocycles. The van der Waals surface area contributed by atoms with Crippen molar-refractivity contribution in [3.63, 3.8) is 0 Å². The van der Waals surface area contributed by atoms with Gasteiger partial charge in [0.05, 0.1) is 7.11 Å². The number of methoxy groups -OCH3 is 1. The summed E-state index contributed by atoms with van der Waals surface area (Å²) in [4.78, 5) is 23.1. The van der Waals surface area contributed by atoms with Crippen molar-refractivity contribution in [1.29, 1.82) is 0 Å². The summed E-state index contributed by atoms with van der Waals surface area (Å²) in [5.41, 5.74) is 0. The van der Waals surface area contributed by atoms with Crippen LogP contribution in [0.15, 0.2) is 0 Å². The Morgan fingerprint density at radius 2 is 1.65 bits per heavy atom. The smallest absolute Gasteiger partial charge is 0.305 e. The normalized spacial score (nSPS) is 20.9. The minimum absolute atomic E-state index is 0.112. The molecule has 0 heterocycles. The highest BCUT2D eigenvalue weighted by atomic mass is 16.5. The van der Waals surface area contributed by atoms with Crippen molar-refractivity contribution in [2.24, 2.45) is 11.8 Å². The molecule has 0 amide bonds. The lowest BCUT2D eigenvalue weighted by Gasteiger charge is -2.18. The van der Waals surface area contributed by atoms with E-state index in [1.807, 2.05) is 0 Å². The molecule has 0 aromatic heterocycles. The van der Waals surface area contributed by atoms with Gasteiger partial charge < -0.3 is 4.74 Å². The van der Waals surface area contributed by atoms with Crippen molar-refractivity contribution in [1.82, 2.24) is 0 Å². The van der Waals surface area contributed by atoms with Gasteiger partial charge in [0, 0.05) is 18.8 Å². The first-order valence-corrected chi connectivity index (χ1v) is 9.78. The zero-order valence-electron chi connectivity index (χ0n) is 15.3. The second-order valence-electron chi connectivity index (χ2n) is 7.10. The van der Waals surface area contributed by atoms with Crippen LogP contribution in [0.3, 0.4) is 0 Å². The molecule has 0 bridgehead atoms. The highest BCUT2D eigenvalue weighted by Crippen LogP contribution is 2.36. The van der Waals surface area contributed by atoms with Crippen molar-refractivity contribution in [2.45, 2.75) is 96.8 Å². The van der Waals surface area contributed by atoms with Crippen LogP contribution >= 0.6 is 0 Å². The summed E-state index contributed by atoms with van der Waals surface area (Å²) < 4.78 is 4.64. The molecular formula is C20H36O3. The fraction of sp³-hybridized carbons (Fsp3) is 0.900. The van der Waals surface area contributed by atoms with Gasteiger partial charge in [0.1, 0.15) is 5.78 Å². The Kier molecular flexibility index (Phi) is 11.0. The van der Waals surface area contributed by atoms with Crippen molar-refractivity contribution < 1.29 is 14.3 Å². The molecule has 23 heavy (non-hydrogen) atoms. The highest BCUT2D eigenvalue weighted by Gasteiger charge is 2.33. The topological polar surface area (TPSA) is 43.4 Å². The second-order valence-corrected chi connectivity index (χ2v) is 7.10. The minimum Gasteiger partial charge on any atom is -0.469 e. The van der Waals surface area contributed by atoms with E-state index in [-0.39, 0.29) is 5.97 Å². The number of unbranched alkanes of at least 4 members (excludes halogenated alkanes) is 7. The van der Waals surface area contributed by atoms with Gasteiger partial charge in [0.2, 0.25) is 0 Å². The van der Waals surface area contributed by atoms with Crippen LogP contribution in [0.5, 0.6) is 0 Å². The number of carbonyl (C=O) groups excluding carboxylic acids is 2. The van der Waals surface area contributed by atoms with E-state index < -0.39 is 0 Å². The molecular weight excluding hydrogens is 288 g/mol. The molecule has 0 aromatic carbocycles.